The Hall–Kier alpha value is -2.34. The lowest BCUT2D eigenvalue weighted by Gasteiger charge is -2.06. The first-order valence-electron chi connectivity index (χ1n) is 6.95. The maximum Gasteiger partial charge on any atom is 0.191 e. The summed E-state index contributed by atoms with van der Waals surface area (Å²) in [6.07, 6.45) is 3.54. The van der Waals surface area contributed by atoms with Gasteiger partial charge in [-0.1, -0.05) is 30.0 Å². The molecule has 6 heteroatoms. The smallest absolute Gasteiger partial charge is 0.191 e. The molecule has 0 radical (unpaired) electrons. The average molecular weight is 312 g/mol. The van der Waals surface area contributed by atoms with Gasteiger partial charge < -0.3 is 9.30 Å². The fourth-order valence-corrected chi connectivity index (χ4v) is 2.72. The summed E-state index contributed by atoms with van der Waals surface area (Å²) >= 11 is 1.63. The van der Waals surface area contributed by atoms with Crippen molar-refractivity contribution in [3.63, 3.8) is 0 Å². The molecule has 0 aliphatic heterocycles. The van der Waals surface area contributed by atoms with E-state index in [1.165, 1.54) is 0 Å². The largest absolute Gasteiger partial charge is 0.493 e. The highest BCUT2D eigenvalue weighted by Crippen LogP contribution is 2.21. The van der Waals surface area contributed by atoms with Crippen molar-refractivity contribution < 1.29 is 4.74 Å². The Kier molecular flexibility index (Phi) is 4.70. The minimum atomic E-state index is 0.629. The fourth-order valence-electron chi connectivity index (χ4n) is 2.00. The van der Waals surface area contributed by atoms with Crippen LogP contribution in [-0.4, -0.2) is 32.1 Å². The van der Waals surface area contributed by atoms with Crippen molar-refractivity contribution in [1.82, 2.24) is 19.7 Å². The Bertz CT molecular complexity index is 716. The van der Waals surface area contributed by atoms with Crippen molar-refractivity contribution in [3.05, 3.63) is 54.9 Å². The lowest BCUT2D eigenvalue weighted by molar-refractivity contribution is 0.344. The minimum Gasteiger partial charge on any atom is -0.493 e. The molecule has 3 rings (SSSR count). The molecule has 2 heterocycles. The van der Waals surface area contributed by atoms with E-state index in [0.29, 0.717) is 6.61 Å². The van der Waals surface area contributed by atoms with E-state index in [1.807, 2.05) is 54.1 Å². The Morgan fingerprint density at radius 2 is 1.95 bits per heavy atom. The first kappa shape index (κ1) is 14.6. The van der Waals surface area contributed by atoms with Crippen molar-refractivity contribution in [3.8, 4) is 17.1 Å². The third kappa shape index (κ3) is 3.46. The van der Waals surface area contributed by atoms with E-state index in [-0.39, 0.29) is 0 Å². The molecule has 3 aromatic rings. The molecule has 1 aromatic carbocycles. The number of rotatable bonds is 6. The Morgan fingerprint density at radius 1 is 1.09 bits per heavy atom. The quantitative estimate of drug-likeness (QED) is 0.517. The summed E-state index contributed by atoms with van der Waals surface area (Å²) in [5.41, 5.74) is 0.963. The summed E-state index contributed by atoms with van der Waals surface area (Å²) in [5, 5.41) is 9.33. The topological polar surface area (TPSA) is 52.8 Å². The second-order valence-corrected chi connectivity index (χ2v) is 5.68. The molecule has 0 aliphatic carbocycles. The van der Waals surface area contributed by atoms with Gasteiger partial charge in [0.15, 0.2) is 11.0 Å². The highest BCUT2D eigenvalue weighted by atomic mass is 32.2. The molecule has 5 nitrogen and oxygen atoms in total. The summed E-state index contributed by atoms with van der Waals surface area (Å²) in [7, 11) is 1.96. The third-order valence-electron chi connectivity index (χ3n) is 3.08. The maximum absolute atomic E-state index is 5.67. The zero-order valence-electron chi connectivity index (χ0n) is 12.2. The Morgan fingerprint density at radius 3 is 2.73 bits per heavy atom. The molecule has 0 saturated heterocycles. The number of hydrogen-bond acceptors (Lipinski definition) is 5. The summed E-state index contributed by atoms with van der Waals surface area (Å²) < 4.78 is 7.65. The minimum absolute atomic E-state index is 0.629. The highest BCUT2D eigenvalue weighted by molar-refractivity contribution is 7.99. The molecule has 0 saturated carbocycles. The van der Waals surface area contributed by atoms with Crippen molar-refractivity contribution >= 4 is 11.8 Å². The van der Waals surface area contributed by atoms with Crippen molar-refractivity contribution in [2.24, 2.45) is 7.05 Å². The molecule has 0 N–H and O–H groups in total. The van der Waals surface area contributed by atoms with Gasteiger partial charge in [-0.3, -0.25) is 4.98 Å². The van der Waals surface area contributed by atoms with Crippen LogP contribution in [0, 0.1) is 0 Å². The molecule has 0 aliphatic rings. The van der Waals surface area contributed by atoms with Crippen molar-refractivity contribution in [2.45, 2.75) is 5.16 Å². The predicted molar refractivity (Wildman–Crippen MR) is 86.9 cm³/mol. The van der Waals surface area contributed by atoms with Gasteiger partial charge in [0.1, 0.15) is 5.75 Å². The molecular weight excluding hydrogens is 296 g/mol. The van der Waals surface area contributed by atoms with E-state index in [9.17, 15) is 0 Å². The summed E-state index contributed by atoms with van der Waals surface area (Å²) in [4.78, 5) is 4.11. The van der Waals surface area contributed by atoms with Crippen LogP contribution in [0.5, 0.6) is 5.75 Å². The van der Waals surface area contributed by atoms with Gasteiger partial charge in [-0.2, -0.15) is 0 Å². The van der Waals surface area contributed by atoms with Crippen LogP contribution in [-0.2, 0) is 7.05 Å². The standard InChI is InChI=1S/C16H16N4OS/c1-20-15(13-6-5-9-17-12-13)18-19-16(20)22-11-10-21-14-7-3-2-4-8-14/h2-9,12H,10-11H2,1H3. The Labute approximate surface area is 133 Å². The van der Waals surface area contributed by atoms with E-state index in [1.54, 1.807) is 24.2 Å². The van der Waals surface area contributed by atoms with Crippen molar-refractivity contribution in [1.29, 1.82) is 0 Å². The van der Waals surface area contributed by atoms with Gasteiger partial charge in [-0.15, -0.1) is 10.2 Å². The zero-order chi connectivity index (χ0) is 15.2. The predicted octanol–water partition coefficient (Wildman–Crippen LogP) is 3.05. The van der Waals surface area contributed by atoms with E-state index in [4.69, 9.17) is 4.74 Å². The van der Waals surface area contributed by atoms with Crippen LogP contribution in [0.3, 0.4) is 0 Å². The number of aromatic nitrogens is 4. The van der Waals surface area contributed by atoms with Gasteiger partial charge in [-0.05, 0) is 24.3 Å². The summed E-state index contributed by atoms with van der Waals surface area (Å²) in [6.45, 7) is 0.629. The molecule has 112 valence electrons. The van der Waals surface area contributed by atoms with E-state index in [2.05, 4.69) is 15.2 Å². The molecule has 0 amide bonds. The van der Waals surface area contributed by atoms with Gasteiger partial charge >= 0.3 is 0 Å². The molecule has 2 aromatic heterocycles. The normalized spacial score (nSPS) is 10.6. The van der Waals surface area contributed by atoms with E-state index < -0.39 is 0 Å². The number of pyridine rings is 1. The number of ether oxygens (including phenoxy) is 1. The van der Waals surface area contributed by atoms with Crippen LogP contribution in [0.15, 0.2) is 60.0 Å². The molecule has 0 unspecified atom stereocenters. The average Bonchev–Trinajstić information content (AvgIpc) is 2.94. The van der Waals surface area contributed by atoms with E-state index in [0.717, 1.165) is 28.0 Å². The van der Waals surface area contributed by atoms with Crippen LogP contribution in [0.1, 0.15) is 0 Å². The summed E-state index contributed by atoms with van der Waals surface area (Å²) in [5.74, 6) is 2.52. The zero-order valence-corrected chi connectivity index (χ0v) is 13.0. The third-order valence-corrected chi connectivity index (χ3v) is 4.07. The molecule has 0 spiro atoms. The van der Waals surface area contributed by atoms with Crippen LogP contribution < -0.4 is 4.74 Å². The van der Waals surface area contributed by atoms with Gasteiger partial charge in [0, 0.05) is 30.8 Å². The van der Waals surface area contributed by atoms with E-state index >= 15 is 0 Å². The molecule has 0 bridgehead atoms. The van der Waals surface area contributed by atoms with Gasteiger partial charge in [0.05, 0.1) is 6.61 Å². The lowest BCUT2D eigenvalue weighted by Crippen LogP contribution is -2.02. The summed E-state index contributed by atoms with van der Waals surface area (Å²) in [6, 6.07) is 13.7. The van der Waals surface area contributed by atoms with Crippen molar-refractivity contribution in [2.75, 3.05) is 12.4 Å². The maximum atomic E-state index is 5.67. The number of benzene rings is 1. The molecular formula is C16H16N4OS. The first-order chi connectivity index (χ1) is 10.8. The monoisotopic (exact) mass is 312 g/mol. The fraction of sp³-hybridized carbons (Fsp3) is 0.188. The van der Waals surface area contributed by atoms with Crippen LogP contribution >= 0.6 is 11.8 Å². The van der Waals surface area contributed by atoms with Crippen LogP contribution in [0.25, 0.3) is 11.4 Å². The second-order valence-electron chi connectivity index (χ2n) is 4.62. The van der Waals surface area contributed by atoms with Gasteiger partial charge in [-0.25, -0.2) is 0 Å². The number of thioether (sulfide) groups is 1. The van der Waals surface area contributed by atoms with Crippen LogP contribution in [0.4, 0.5) is 0 Å². The second kappa shape index (κ2) is 7.09. The highest BCUT2D eigenvalue weighted by Gasteiger charge is 2.10. The lowest BCUT2D eigenvalue weighted by atomic mass is 10.3. The number of hydrogen-bond donors (Lipinski definition) is 0. The Balaban J connectivity index is 1.57. The number of para-hydroxylation sites is 1. The molecule has 0 fully saturated rings. The van der Waals surface area contributed by atoms with Crippen LogP contribution in [0.2, 0.25) is 0 Å². The van der Waals surface area contributed by atoms with Gasteiger partial charge in [0.2, 0.25) is 0 Å². The molecule has 22 heavy (non-hydrogen) atoms. The first-order valence-corrected chi connectivity index (χ1v) is 7.93. The number of nitrogens with zero attached hydrogens (tertiary/aromatic N) is 4. The van der Waals surface area contributed by atoms with Gasteiger partial charge in [0.25, 0.3) is 0 Å². The molecule has 0 atom stereocenters. The SMILES string of the molecule is Cn1c(SCCOc2ccccc2)nnc1-c1cccnc1.